The molecular weight excluding hydrogens is 253 g/mol. The number of benzene rings is 2. The van der Waals surface area contributed by atoms with Gasteiger partial charge in [-0.1, -0.05) is 29.8 Å². The molecule has 0 spiro atoms. The minimum Gasteiger partial charge on any atom is -0.489 e. The first-order valence-corrected chi connectivity index (χ1v) is 5.92. The van der Waals surface area contributed by atoms with Crippen molar-refractivity contribution in [1.82, 2.24) is 0 Å². The summed E-state index contributed by atoms with van der Waals surface area (Å²) in [6.07, 6.45) is 0. The van der Waals surface area contributed by atoms with Crippen LogP contribution in [0.15, 0.2) is 42.5 Å². The van der Waals surface area contributed by atoms with E-state index in [4.69, 9.17) is 22.1 Å². The first-order valence-electron chi connectivity index (χ1n) is 5.55. The minimum absolute atomic E-state index is 0.115. The van der Waals surface area contributed by atoms with E-state index in [0.29, 0.717) is 18.9 Å². The van der Waals surface area contributed by atoms with Crippen molar-refractivity contribution in [2.24, 2.45) is 5.73 Å². The number of ether oxygens (including phenoxy) is 1. The molecule has 2 rings (SSSR count). The largest absolute Gasteiger partial charge is 0.489 e. The second kappa shape index (κ2) is 5.85. The summed E-state index contributed by atoms with van der Waals surface area (Å²) in [6.45, 7) is 0.759. The van der Waals surface area contributed by atoms with Gasteiger partial charge in [0.2, 0.25) is 0 Å². The molecule has 0 aromatic heterocycles. The van der Waals surface area contributed by atoms with E-state index in [1.54, 1.807) is 6.07 Å². The highest BCUT2D eigenvalue weighted by Gasteiger charge is 2.02. The molecule has 0 radical (unpaired) electrons. The van der Waals surface area contributed by atoms with Gasteiger partial charge in [0.15, 0.2) is 0 Å². The van der Waals surface area contributed by atoms with Crippen LogP contribution in [0.1, 0.15) is 11.1 Å². The van der Waals surface area contributed by atoms with Crippen LogP contribution in [-0.4, -0.2) is 0 Å². The lowest BCUT2D eigenvalue weighted by molar-refractivity contribution is 0.305. The minimum atomic E-state index is -0.437. The third-order valence-electron chi connectivity index (χ3n) is 2.52. The fourth-order valence-electron chi connectivity index (χ4n) is 1.56. The zero-order valence-electron chi connectivity index (χ0n) is 9.70. The molecule has 0 amide bonds. The van der Waals surface area contributed by atoms with Gasteiger partial charge in [-0.25, -0.2) is 4.39 Å². The van der Waals surface area contributed by atoms with E-state index in [2.05, 4.69) is 0 Å². The molecule has 4 heteroatoms. The molecule has 2 nitrogen and oxygen atoms in total. The highest BCUT2D eigenvalue weighted by atomic mass is 35.5. The van der Waals surface area contributed by atoms with Crippen LogP contribution in [0.3, 0.4) is 0 Å². The molecule has 2 aromatic carbocycles. The predicted octanol–water partition coefficient (Wildman–Crippen LogP) is 3.52. The average Bonchev–Trinajstić information content (AvgIpc) is 2.40. The highest BCUT2D eigenvalue weighted by Crippen LogP contribution is 2.18. The maximum atomic E-state index is 13.2. The van der Waals surface area contributed by atoms with Crippen LogP contribution in [0, 0.1) is 5.82 Å². The van der Waals surface area contributed by atoms with Crippen LogP contribution in [0.4, 0.5) is 4.39 Å². The van der Waals surface area contributed by atoms with Gasteiger partial charge in [-0.15, -0.1) is 0 Å². The lowest BCUT2D eigenvalue weighted by atomic mass is 10.2. The van der Waals surface area contributed by atoms with E-state index < -0.39 is 5.82 Å². The summed E-state index contributed by atoms with van der Waals surface area (Å²) in [5.41, 5.74) is 7.27. The van der Waals surface area contributed by atoms with Crippen molar-refractivity contribution in [2.45, 2.75) is 13.2 Å². The van der Waals surface area contributed by atoms with Crippen LogP contribution in [0.5, 0.6) is 5.75 Å². The molecule has 0 unspecified atom stereocenters. The van der Waals surface area contributed by atoms with Gasteiger partial charge in [-0.05, 0) is 35.4 Å². The van der Waals surface area contributed by atoms with Crippen molar-refractivity contribution in [3.63, 3.8) is 0 Å². The molecular formula is C14H13ClFNO. The third kappa shape index (κ3) is 3.22. The lowest BCUT2D eigenvalue weighted by Gasteiger charge is -2.08. The maximum Gasteiger partial charge on any atom is 0.142 e. The lowest BCUT2D eigenvalue weighted by Crippen LogP contribution is -1.99. The van der Waals surface area contributed by atoms with Crippen molar-refractivity contribution in [3.8, 4) is 5.75 Å². The van der Waals surface area contributed by atoms with Crippen LogP contribution in [0.25, 0.3) is 0 Å². The Morgan fingerprint density at radius 1 is 1.11 bits per heavy atom. The summed E-state index contributed by atoms with van der Waals surface area (Å²) >= 11 is 5.61. The Bertz CT molecular complexity index is 545. The van der Waals surface area contributed by atoms with Crippen molar-refractivity contribution in [2.75, 3.05) is 0 Å². The van der Waals surface area contributed by atoms with Gasteiger partial charge in [0.1, 0.15) is 18.2 Å². The molecule has 0 aliphatic heterocycles. The molecule has 18 heavy (non-hydrogen) atoms. The average molecular weight is 266 g/mol. The quantitative estimate of drug-likeness (QED) is 0.918. The Kier molecular flexibility index (Phi) is 4.18. The fraction of sp³-hybridized carbons (Fsp3) is 0.143. The van der Waals surface area contributed by atoms with Gasteiger partial charge in [-0.2, -0.15) is 0 Å². The summed E-state index contributed by atoms with van der Waals surface area (Å²) in [7, 11) is 0. The van der Waals surface area contributed by atoms with Crippen molar-refractivity contribution in [1.29, 1.82) is 0 Å². The molecule has 0 fully saturated rings. The smallest absolute Gasteiger partial charge is 0.142 e. The van der Waals surface area contributed by atoms with Gasteiger partial charge >= 0.3 is 0 Å². The summed E-state index contributed by atoms with van der Waals surface area (Å²) in [5.74, 6) is 0.279. The first kappa shape index (κ1) is 12.9. The summed E-state index contributed by atoms with van der Waals surface area (Å²) < 4.78 is 18.8. The van der Waals surface area contributed by atoms with E-state index >= 15 is 0 Å². The number of halogens is 2. The molecule has 2 aromatic rings. The van der Waals surface area contributed by atoms with Crippen LogP contribution < -0.4 is 10.5 Å². The molecule has 0 saturated carbocycles. The van der Waals surface area contributed by atoms with Gasteiger partial charge < -0.3 is 10.5 Å². The third-order valence-corrected chi connectivity index (χ3v) is 2.83. The Labute approximate surface area is 110 Å². The zero-order chi connectivity index (χ0) is 13.0. The second-order valence-corrected chi connectivity index (χ2v) is 4.30. The molecule has 0 atom stereocenters. The molecule has 0 saturated heterocycles. The van der Waals surface area contributed by atoms with Gasteiger partial charge in [0.05, 0.1) is 5.02 Å². The van der Waals surface area contributed by atoms with Crippen molar-refractivity contribution in [3.05, 3.63) is 64.4 Å². The Morgan fingerprint density at radius 2 is 1.94 bits per heavy atom. The highest BCUT2D eigenvalue weighted by molar-refractivity contribution is 6.30. The number of hydrogen-bond acceptors (Lipinski definition) is 2. The Balaban J connectivity index is 2.04. The number of nitrogens with two attached hydrogens (primary N) is 1. The van der Waals surface area contributed by atoms with E-state index in [0.717, 1.165) is 11.1 Å². The number of hydrogen-bond donors (Lipinski definition) is 1. The molecule has 0 aliphatic rings. The van der Waals surface area contributed by atoms with E-state index in [1.165, 1.54) is 12.1 Å². The first-order chi connectivity index (χ1) is 8.69. The molecule has 0 heterocycles. The second-order valence-electron chi connectivity index (χ2n) is 3.89. The maximum absolute atomic E-state index is 13.2. The van der Waals surface area contributed by atoms with Crippen molar-refractivity contribution >= 4 is 11.6 Å². The zero-order valence-corrected chi connectivity index (χ0v) is 10.5. The van der Waals surface area contributed by atoms with Gasteiger partial charge in [-0.3, -0.25) is 0 Å². The summed E-state index contributed by atoms with van der Waals surface area (Å²) in [6, 6.07) is 12.1. The Hall–Kier alpha value is -1.58. The standard InChI is InChI=1S/C14H13ClFNO/c15-13-5-4-11(7-14(13)16)9-18-12-3-1-2-10(6-12)8-17/h1-7H,8-9,17H2. The molecule has 0 bridgehead atoms. The summed E-state index contributed by atoms with van der Waals surface area (Å²) in [5, 5.41) is 0.115. The predicted molar refractivity (Wildman–Crippen MR) is 70.1 cm³/mol. The number of rotatable bonds is 4. The molecule has 2 N–H and O–H groups in total. The normalized spacial score (nSPS) is 10.4. The Morgan fingerprint density at radius 3 is 2.67 bits per heavy atom. The van der Waals surface area contributed by atoms with Crippen LogP contribution in [0.2, 0.25) is 5.02 Å². The fourth-order valence-corrected chi connectivity index (χ4v) is 1.68. The van der Waals surface area contributed by atoms with E-state index in [1.807, 2.05) is 24.3 Å². The molecule has 94 valence electrons. The SMILES string of the molecule is NCc1cccc(OCc2ccc(Cl)c(F)c2)c1. The topological polar surface area (TPSA) is 35.2 Å². The van der Waals surface area contributed by atoms with Crippen LogP contribution in [-0.2, 0) is 13.2 Å². The van der Waals surface area contributed by atoms with E-state index in [-0.39, 0.29) is 5.02 Å². The van der Waals surface area contributed by atoms with Crippen LogP contribution >= 0.6 is 11.6 Å². The summed E-state index contributed by atoms with van der Waals surface area (Å²) in [4.78, 5) is 0. The van der Waals surface area contributed by atoms with Gasteiger partial charge in [0, 0.05) is 6.54 Å². The van der Waals surface area contributed by atoms with E-state index in [9.17, 15) is 4.39 Å². The van der Waals surface area contributed by atoms with Crippen molar-refractivity contribution < 1.29 is 9.13 Å². The molecule has 0 aliphatic carbocycles. The monoisotopic (exact) mass is 265 g/mol. The van der Waals surface area contributed by atoms with Gasteiger partial charge in [0.25, 0.3) is 0 Å².